The summed E-state index contributed by atoms with van der Waals surface area (Å²) < 4.78 is 0. The van der Waals surface area contributed by atoms with Crippen molar-refractivity contribution in [1.29, 1.82) is 0 Å². The lowest BCUT2D eigenvalue weighted by Crippen LogP contribution is -2.04. The van der Waals surface area contributed by atoms with E-state index in [1.807, 2.05) is 6.92 Å². The SMILES string of the molecule is CCC(=O)c1nccnc1C. The van der Waals surface area contributed by atoms with Gasteiger partial charge in [-0.25, -0.2) is 4.98 Å². The Kier molecular flexibility index (Phi) is 2.31. The summed E-state index contributed by atoms with van der Waals surface area (Å²) in [4.78, 5) is 19.0. The highest BCUT2D eigenvalue weighted by Gasteiger charge is 2.07. The predicted molar refractivity (Wildman–Crippen MR) is 41.4 cm³/mol. The third kappa shape index (κ3) is 1.61. The molecule has 0 saturated heterocycles. The minimum atomic E-state index is 0.0515. The summed E-state index contributed by atoms with van der Waals surface area (Å²) >= 11 is 0. The molecule has 0 aliphatic heterocycles. The standard InChI is InChI=1S/C8H10N2O/c1-3-7(11)8-6(2)9-4-5-10-8/h4-5H,3H2,1-2H3. The van der Waals surface area contributed by atoms with Crippen molar-refractivity contribution in [2.75, 3.05) is 0 Å². The van der Waals surface area contributed by atoms with Gasteiger partial charge < -0.3 is 0 Å². The molecule has 11 heavy (non-hydrogen) atoms. The molecule has 0 N–H and O–H groups in total. The number of rotatable bonds is 2. The van der Waals surface area contributed by atoms with Crippen LogP contribution in [0.25, 0.3) is 0 Å². The first kappa shape index (κ1) is 7.85. The van der Waals surface area contributed by atoms with Gasteiger partial charge in [-0.1, -0.05) is 6.92 Å². The number of ketones is 1. The van der Waals surface area contributed by atoms with Gasteiger partial charge >= 0.3 is 0 Å². The van der Waals surface area contributed by atoms with Crippen LogP contribution < -0.4 is 0 Å². The van der Waals surface area contributed by atoms with E-state index in [1.165, 1.54) is 6.20 Å². The van der Waals surface area contributed by atoms with Crippen molar-refractivity contribution in [1.82, 2.24) is 9.97 Å². The molecule has 1 rings (SSSR count). The second-order valence-corrected chi connectivity index (χ2v) is 2.27. The summed E-state index contributed by atoms with van der Waals surface area (Å²) in [6.45, 7) is 3.60. The lowest BCUT2D eigenvalue weighted by atomic mass is 10.2. The molecule has 0 bridgehead atoms. The number of hydrogen-bond acceptors (Lipinski definition) is 3. The van der Waals surface area contributed by atoms with Crippen LogP contribution in [-0.2, 0) is 0 Å². The first-order valence-corrected chi connectivity index (χ1v) is 3.56. The first-order valence-electron chi connectivity index (χ1n) is 3.56. The van der Waals surface area contributed by atoms with Gasteiger partial charge in [0, 0.05) is 18.8 Å². The number of hydrogen-bond donors (Lipinski definition) is 0. The Labute approximate surface area is 65.5 Å². The fourth-order valence-corrected chi connectivity index (χ4v) is 0.849. The molecule has 1 aromatic rings. The maximum atomic E-state index is 11.1. The largest absolute Gasteiger partial charge is 0.292 e. The maximum Gasteiger partial charge on any atom is 0.182 e. The second kappa shape index (κ2) is 3.23. The van der Waals surface area contributed by atoms with E-state index in [1.54, 1.807) is 13.1 Å². The van der Waals surface area contributed by atoms with Gasteiger partial charge in [0.25, 0.3) is 0 Å². The molecule has 0 aliphatic rings. The number of carbonyl (C=O) groups is 1. The van der Waals surface area contributed by atoms with Crippen LogP contribution in [0.1, 0.15) is 29.5 Å². The molecule has 1 aromatic heterocycles. The lowest BCUT2D eigenvalue weighted by Gasteiger charge is -1.98. The summed E-state index contributed by atoms with van der Waals surface area (Å²) in [5.74, 6) is 0.0515. The van der Waals surface area contributed by atoms with Crippen LogP contribution in [-0.4, -0.2) is 15.8 Å². The van der Waals surface area contributed by atoms with Crippen molar-refractivity contribution in [3.63, 3.8) is 0 Å². The Morgan fingerprint density at radius 1 is 1.45 bits per heavy atom. The van der Waals surface area contributed by atoms with Crippen molar-refractivity contribution in [3.8, 4) is 0 Å². The van der Waals surface area contributed by atoms with Crippen molar-refractivity contribution >= 4 is 5.78 Å². The Hall–Kier alpha value is -1.25. The first-order chi connectivity index (χ1) is 5.25. The van der Waals surface area contributed by atoms with Gasteiger partial charge in [0.05, 0.1) is 5.69 Å². The minimum absolute atomic E-state index is 0.0515. The molecule has 0 spiro atoms. The van der Waals surface area contributed by atoms with Gasteiger partial charge in [-0.3, -0.25) is 9.78 Å². The van der Waals surface area contributed by atoms with Crippen molar-refractivity contribution in [3.05, 3.63) is 23.8 Å². The van der Waals surface area contributed by atoms with Crippen LogP contribution in [0.2, 0.25) is 0 Å². The second-order valence-electron chi connectivity index (χ2n) is 2.27. The Bertz CT molecular complexity index is 271. The van der Waals surface area contributed by atoms with Crippen LogP contribution in [0.3, 0.4) is 0 Å². The number of nitrogens with zero attached hydrogens (tertiary/aromatic N) is 2. The quantitative estimate of drug-likeness (QED) is 0.598. The van der Waals surface area contributed by atoms with E-state index in [9.17, 15) is 4.79 Å². The molecule has 1 heterocycles. The topological polar surface area (TPSA) is 42.9 Å². The summed E-state index contributed by atoms with van der Waals surface area (Å²) in [7, 11) is 0. The lowest BCUT2D eigenvalue weighted by molar-refractivity contribution is 0.0982. The molecule has 58 valence electrons. The number of carbonyl (C=O) groups excluding carboxylic acids is 1. The third-order valence-electron chi connectivity index (χ3n) is 1.47. The third-order valence-corrected chi connectivity index (χ3v) is 1.47. The summed E-state index contributed by atoms with van der Waals surface area (Å²) in [6, 6.07) is 0. The maximum absolute atomic E-state index is 11.1. The van der Waals surface area contributed by atoms with E-state index in [4.69, 9.17) is 0 Å². The van der Waals surface area contributed by atoms with Crippen molar-refractivity contribution < 1.29 is 4.79 Å². The van der Waals surface area contributed by atoms with Crippen LogP contribution in [0.15, 0.2) is 12.4 Å². The molecule has 3 nitrogen and oxygen atoms in total. The monoisotopic (exact) mass is 150 g/mol. The zero-order valence-corrected chi connectivity index (χ0v) is 6.66. The molecule has 0 radical (unpaired) electrons. The van der Waals surface area contributed by atoms with E-state index < -0.39 is 0 Å². The van der Waals surface area contributed by atoms with Crippen LogP contribution in [0.5, 0.6) is 0 Å². The van der Waals surface area contributed by atoms with Gasteiger partial charge in [-0.2, -0.15) is 0 Å². The van der Waals surface area contributed by atoms with Gasteiger partial charge in [0.2, 0.25) is 0 Å². The highest BCUT2D eigenvalue weighted by molar-refractivity contribution is 5.94. The fraction of sp³-hybridized carbons (Fsp3) is 0.375. The molecular formula is C8H10N2O. The Morgan fingerprint density at radius 2 is 2.09 bits per heavy atom. The normalized spacial score (nSPS) is 9.64. The van der Waals surface area contributed by atoms with Crippen LogP contribution in [0, 0.1) is 6.92 Å². The van der Waals surface area contributed by atoms with Crippen molar-refractivity contribution in [2.45, 2.75) is 20.3 Å². The molecule has 0 aliphatic carbocycles. The van der Waals surface area contributed by atoms with Gasteiger partial charge in [-0.15, -0.1) is 0 Å². The average molecular weight is 150 g/mol. The predicted octanol–water partition coefficient (Wildman–Crippen LogP) is 1.38. The summed E-state index contributed by atoms with van der Waals surface area (Å²) in [6.07, 6.45) is 3.61. The zero-order valence-electron chi connectivity index (χ0n) is 6.66. The molecule has 0 fully saturated rings. The molecule has 0 atom stereocenters. The highest BCUT2D eigenvalue weighted by Crippen LogP contribution is 2.02. The van der Waals surface area contributed by atoms with E-state index >= 15 is 0 Å². The van der Waals surface area contributed by atoms with E-state index in [0.29, 0.717) is 17.8 Å². The van der Waals surface area contributed by atoms with Gasteiger partial charge in [-0.05, 0) is 6.92 Å². The number of aryl methyl sites for hydroxylation is 1. The van der Waals surface area contributed by atoms with Gasteiger partial charge in [0.1, 0.15) is 5.69 Å². The van der Waals surface area contributed by atoms with E-state index in [2.05, 4.69) is 9.97 Å². The smallest absolute Gasteiger partial charge is 0.182 e. The Morgan fingerprint density at radius 3 is 2.64 bits per heavy atom. The van der Waals surface area contributed by atoms with Gasteiger partial charge in [0.15, 0.2) is 5.78 Å². The summed E-state index contributed by atoms with van der Waals surface area (Å²) in [5, 5.41) is 0. The Balaban J connectivity index is 3.03. The zero-order chi connectivity index (χ0) is 8.27. The minimum Gasteiger partial charge on any atom is -0.292 e. The van der Waals surface area contributed by atoms with E-state index in [0.717, 1.165) is 0 Å². The highest BCUT2D eigenvalue weighted by atomic mass is 16.1. The number of aromatic nitrogens is 2. The molecule has 0 aromatic carbocycles. The molecule has 0 saturated carbocycles. The molecule has 3 heteroatoms. The fourth-order valence-electron chi connectivity index (χ4n) is 0.849. The van der Waals surface area contributed by atoms with Crippen LogP contribution >= 0.6 is 0 Å². The molecular weight excluding hydrogens is 140 g/mol. The van der Waals surface area contributed by atoms with E-state index in [-0.39, 0.29) is 5.78 Å². The molecule has 0 unspecified atom stereocenters. The summed E-state index contributed by atoms with van der Waals surface area (Å²) in [5.41, 5.74) is 1.20. The van der Waals surface area contributed by atoms with Crippen molar-refractivity contribution in [2.24, 2.45) is 0 Å². The average Bonchev–Trinajstić information content (AvgIpc) is 2.04. The number of Topliss-reactive ketones (excluding diaryl/α,β-unsaturated/α-hetero) is 1. The molecule has 0 amide bonds. The van der Waals surface area contributed by atoms with Crippen LogP contribution in [0.4, 0.5) is 0 Å².